The van der Waals surface area contributed by atoms with Crippen LogP contribution < -0.4 is 5.32 Å². The lowest BCUT2D eigenvalue weighted by atomic mass is 9.43. The maximum Gasteiger partial charge on any atom is 0.139 e. The number of aliphatic hydroxyl groups is 1. The normalized spacial score (nSPS) is 47.0. The summed E-state index contributed by atoms with van der Waals surface area (Å²) in [7, 11) is 1.86. The number of oxime groups is 2. The molecule has 0 aromatic heterocycles. The number of likely N-dealkylation sites (N-methyl/N-ethyl adjacent to an activating group) is 1. The Morgan fingerprint density at radius 3 is 2.72 bits per heavy atom. The van der Waals surface area contributed by atoms with Crippen LogP contribution in [0.25, 0.3) is 0 Å². The lowest BCUT2D eigenvalue weighted by Crippen LogP contribution is -2.66. The van der Waals surface area contributed by atoms with Gasteiger partial charge in [-0.1, -0.05) is 24.2 Å². The number of carbonyl (C=O) groups excluding carboxylic acids is 1. The Bertz CT molecular complexity index is 738. The number of nitrogens with one attached hydrogen (secondary N) is 1. The van der Waals surface area contributed by atoms with Gasteiger partial charge in [-0.05, 0) is 63.3 Å². The smallest absolute Gasteiger partial charge is 0.139 e. The molecule has 4 aliphatic carbocycles. The summed E-state index contributed by atoms with van der Waals surface area (Å²) < 4.78 is 0. The monoisotopic (exact) mass is 405 g/mol. The minimum absolute atomic E-state index is 0.240. The molecule has 0 bridgehead atoms. The van der Waals surface area contributed by atoms with Gasteiger partial charge < -0.3 is 20.5 Å². The highest BCUT2D eigenvalue weighted by Gasteiger charge is 2.66. The standard InChI is InChI=1S/C22H35N3O4/c1-20-8-7-17-15(16(20)4-5-19(20)26)12-18(24-28)22(27)13-14(6-9-21(17,22)2)25-29-11-10-23-3/h15-17,23,27-28H,4-13H2,1-3H3/b24-18+,25-14?/t15-,16-,17-,20-,21+,22-/m0/s1. The van der Waals surface area contributed by atoms with Gasteiger partial charge in [0, 0.05) is 30.2 Å². The zero-order chi connectivity index (χ0) is 20.9. The van der Waals surface area contributed by atoms with Gasteiger partial charge >= 0.3 is 0 Å². The molecular weight excluding hydrogens is 370 g/mol. The molecule has 6 atom stereocenters. The summed E-state index contributed by atoms with van der Waals surface area (Å²) in [6.07, 6.45) is 5.93. The average molecular weight is 406 g/mol. The molecule has 29 heavy (non-hydrogen) atoms. The van der Waals surface area contributed by atoms with Gasteiger partial charge in [-0.3, -0.25) is 4.79 Å². The highest BCUT2D eigenvalue weighted by Crippen LogP contribution is 2.65. The fraction of sp³-hybridized carbons (Fsp3) is 0.864. The number of carbonyl (C=O) groups is 1. The minimum Gasteiger partial charge on any atom is -0.411 e. The molecule has 0 aliphatic heterocycles. The average Bonchev–Trinajstić information content (AvgIpc) is 3.00. The predicted octanol–water partition coefficient (Wildman–Crippen LogP) is 2.75. The second kappa shape index (κ2) is 7.34. The summed E-state index contributed by atoms with van der Waals surface area (Å²) in [4.78, 5) is 18.0. The number of rotatable bonds is 4. The molecule has 0 aromatic carbocycles. The van der Waals surface area contributed by atoms with Crippen LogP contribution in [0.1, 0.15) is 65.2 Å². The zero-order valence-electron chi connectivity index (χ0n) is 17.9. The summed E-state index contributed by atoms with van der Waals surface area (Å²) in [6, 6.07) is 0. The van der Waals surface area contributed by atoms with Crippen molar-refractivity contribution in [3.8, 4) is 0 Å². The first-order chi connectivity index (χ1) is 13.8. The van der Waals surface area contributed by atoms with E-state index >= 15 is 0 Å². The molecule has 4 fully saturated rings. The van der Waals surface area contributed by atoms with Crippen molar-refractivity contribution in [2.75, 3.05) is 20.2 Å². The van der Waals surface area contributed by atoms with Crippen LogP contribution in [0.3, 0.4) is 0 Å². The molecular formula is C22H35N3O4. The van der Waals surface area contributed by atoms with Crippen LogP contribution in [-0.4, -0.2) is 53.3 Å². The van der Waals surface area contributed by atoms with Crippen molar-refractivity contribution in [2.24, 2.45) is 38.9 Å². The topological polar surface area (TPSA) is 104 Å². The van der Waals surface area contributed by atoms with Crippen LogP contribution in [0.2, 0.25) is 0 Å². The summed E-state index contributed by atoms with van der Waals surface area (Å²) in [6.45, 7) is 5.49. The maximum absolute atomic E-state index is 12.6. The molecule has 0 saturated heterocycles. The van der Waals surface area contributed by atoms with Gasteiger partial charge in [0.2, 0.25) is 0 Å². The van der Waals surface area contributed by atoms with Gasteiger partial charge in [-0.25, -0.2) is 0 Å². The lowest BCUT2D eigenvalue weighted by Gasteiger charge is -2.62. The fourth-order valence-electron chi connectivity index (χ4n) is 7.13. The largest absolute Gasteiger partial charge is 0.411 e. The van der Waals surface area contributed by atoms with Gasteiger partial charge in [0.25, 0.3) is 0 Å². The van der Waals surface area contributed by atoms with Gasteiger partial charge in [0.1, 0.15) is 18.0 Å². The first-order valence-electron chi connectivity index (χ1n) is 11.1. The van der Waals surface area contributed by atoms with Gasteiger partial charge in [0.15, 0.2) is 0 Å². The third-order valence-corrected chi connectivity index (χ3v) is 8.97. The van der Waals surface area contributed by atoms with E-state index in [1.165, 1.54) is 0 Å². The number of hydrogen-bond donors (Lipinski definition) is 3. The van der Waals surface area contributed by atoms with E-state index in [4.69, 9.17) is 4.84 Å². The Morgan fingerprint density at radius 1 is 1.21 bits per heavy atom. The van der Waals surface area contributed by atoms with Crippen LogP contribution in [0.4, 0.5) is 0 Å². The van der Waals surface area contributed by atoms with Gasteiger partial charge in [0.05, 0.1) is 11.4 Å². The molecule has 7 nitrogen and oxygen atoms in total. The quantitative estimate of drug-likeness (QED) is 0.379. The summed E-state index contributed by atoms with van der Waals surface area (Å²) in [5.74, 6) is 1.34. The summed E-state index contributed by atoms with van der Waals surface area (Å²) in [5, 5.41) is 32.6. The van der Waals surface area contributed by atoms with E-state index in [9.17, 15) is 15.1 Å². The van der Waals surface area contributed by atoms with Crippen LogP contribution in [0, 0.1) is 28.6 Å². The number of fused-ring (bicyclic) bond motifs is 5. The molecule has 162 valence electrons. The highest BCUT2D eigenvalue weighted by molar-refractivity contribution is 6.00. The van der Waals surface area contributed by atoms with Crippen molar-refractivity contribution in [2.45, 2.75) is 70.8 Å². The number of Topliss-reactive ketones (excluding diaryl/α,β-unsaturated/α-hetero) is 1. The third kappa shape index (κ3) is 2.95. The fourth-order valence-corrected chi connectivity index (χ4v) is 7.13. The summed E-state index contributed by atoms with van der Waals surface area (Å²) in [5.41, 5.74) is -0.530. The van der Waals surface area contributed by atoms with E-state index in [2.05, 4.69) is 29.5 Å². The van der Waals surface area contributed by atoms with Crippen molar-refractivity contribution in [3.63, 3.8) is 0 Å². The lowest BCUT2D eigenvalue weighted by molar-refractivity contribution is -0.146. The van der Waals surface area contributed by atoms with Crippen LogP contribution in [0.5, 0.6) is 0 Å². The first-order valence-corrected chi connectivity index (χ1v) is 11.1. The molecule has 0 aromatic rings. The van der Waals surface area contributed by atoms with Crippen molar-refractivity contribution in [3.05, 3.63) is 0 Å². The van der Waals surface area contributed by atoms with Crippen LogP contribution >= 0.6 is 0 Å². The number of hydrogen-bond acceptors (Lipinski definition) is 7. The van der Waals surface area contributed by atoms with Crippen LogP contribution in [-0.2, 0) is 9.63 Å². The molecule has 4 saturated carbocycles. The molecule has 7 heteroatoms. The van der Waals surface area contributed by atoms with E-state index in [0.29, 0.717) is 61.7 Å². The number of ketones is 1. The zero-order valence-corrected chi connectivity index (χ0v) is 17.9. The molecule has 4 rings (SSSR count). The highest BCUT2D eigenvalue weighted by atomic mass is 16.6. The van der Waals surface area contributed by atoms with E-state index in [1.54, 1.807) is 0 Å². The van der Waals surface area contributed by atoms with Gasteiger partial charge in [-0.15, -0.1) is 0 Å². The number of nitrogens with zero attached hydrogens (tertiary/aromatic N) is 2. The SMILES string of the molecule is CNCCON=C1CC[C@]2(C)[C@H]3CC[C@]4(C)C(=O)CC[C@H]4[C@@H]3C/C(=N\O)[C@@]2(O)C1. The van der Waals surface area contributed by atoms with Crippen molar-refractivity contribution >= 4 is 17.2 Å². The van der Waals surface area contributed by atoms with Crippen LogP contribution in [0.15, 0.2) is 10.3 Å². The van der Waals surface area contributed by atoms with E-state index < -0.39 is 5.60 Å². The second-order valence-corrected chi connectivity index (χ2v) is 10.1. The first kappa shape index (κ1) is 20.8. The molecule has 4 aliphatic rings. The molecule has 0 unspecified atom stereocenters. The minimum atomic E-state index is -1.21. The van der Waals surface area contributed by atoms with Crippen molar-refractivity contribution < 1.29 is 19.9 Å². The maximum atomic E-state index is 12.6. The molecule has 3 N–H and O–H groups in total. The van der Waals surface area contributed by atoms with Crippen molar-refractivity contribution in [1.29, 1.82) is 0 Å². The Kier molecular flexibility index (Phi) is 5.26. The second-order valence-electron chi connectivity index (χ2n) is 10.1. The molecule has 0 amide bonds. The van der Waals surface area contributed by atoms with Gasteiger partial charge in [-0.2, -0.15) is 0 Å². The molecule has 0 radical (unpaired) electrons. The third-order valence-electron chi connectivity index (χ3n) is 8.97. The van der Waals surface area contributed by atoms with E-state index in [-0.39, 0.29) is 10.8 Å². The Morgan fingerprint density at radius 2 is 2.00 bits per heavy atom. The van der Waals surface area contributed by atoms with E-state index in [1.807, 2.05) is 7.05 Å². The van der Waals surface area contributed by atoms with E-state index in [0.717, 1.165) is 37.8 Å². The Balaban J connectivity index is 1.62. The van der Waals surface area contributed by atoms with Crippen molar-refractivity contribution in [1.82, 2.24) is 5.32 Å². The Hall–Kier alpha value is -1.47. The molecule has 0 spiro atoms. The Labute approximate surface area is 172 Å². The summed E-state index contributed by atoms with van der Waals surface area (Å²) >= 11 is 0. The molecule has 0 heterocycles. The predicted molar refractivity (Wildman–Crippen MR) is 110 cm³/mol.